The van der Waals surface area contributed by atoms with Gasteiger partial charge >= 0.3 is 6.09 Å². The molecule has 0 bridgehead atoms. The Labute approximate surface area is 90.1 Å². The van der Waals surface area contributed by atoms with E-state index in [1.807, 2.05) is 4.90 Å². The molecule has 0 aromatic rings. The topological polar surface area (TPSA) is 58.8 Å². The second-order valence-electron chi connectivity index (χ2n) is 4.35. The minimum Gasteiger partial charge on any atom is -0.443 e. The molecule has 0 aromatic heterocycles. The van der Waals surface area contributed by atoms with Gasteiger partial charge < -0.3 is 10.5 Å². The first-order valence-corrected chi connectivity index (χ1v) is 5.60. The Balaban J connectivity index is 2.00. The SMILES string of the molecule is CN1CCCCC1N1C[C@H](CN)OC1=O. The Morgan fingerprint density at radius 3 is 2.93 bits per heavy atom. The van der Waals surface area contributed by atoms with Gasteiger partial charge in [0.15, 0.2) is 0 Å². The number of hydrogen-bond acceptors (Lipinski definition) is 4. The van der Waals surface area contributed by atoms with Crippen LogP contribution < -0.4 is 5.73 Å². The molecule has 0 aromatic carbocycles. The van der Waals surface area contributed by atoms with Crippen LogP contribution in [-0.4, -0.2) is 54.8 Å². The maximum Gasteiger partial charge on any atom is 0.411 e. The molecule has 2 rings (SSSR count). The van der Waals surface area contributed by atoms with Crippen LogP contribution >= 0.6 is 0 Å². The molecule has 2 N–H and O–H groups in total. The van der Waals surface area contributed by atoms with Crippen LogP contribution in [0.4, 0.5) is 4.79 Å². The molecule has 1 amide bonds. The van der Waals surface area contributed by atoms with Crippen LogP contribution in [0.1, 0.15) is 19.3 Å². The van der Waals surface area contributed by atoms with E-state index >= 15 is 0 Å². The summed E-state index contributed by atoms with van der Waals surface area (Å²) in [5.41, 5.74) is 5.50. The molecule has 2 atom stereocenters. The smallest absolute Gasteiger partial charge is 0.411 e. The molecule has 15 heavy (non-hydrogen) atoms. The van der Waals surface area contributed by atoms with E-state index in [2.05, 4.69) is 11.9 Å². The maximum absolute atomic E-state index is 11.6. The molecule has 2 fully saturated rings. The van der Waals surface area contributed by atoms with Crippen LogP contribution in [0.3, 0.4) is 0 Å². The van der Waals surface area contributed by atoms with Crippen LogP contribution in [0.15, 0.2) is 0 Å². The van der Waals surface area contributed by atoms with Gasteiger partial charge in [-0.2, -0.15) is 0 Å². The van der Waals surface area contributed by atoms with Crippen molar-refractivity contribution >= 4 is 6.09 Å². The van der Waals surface area contributed by atoms with Gasteiger partial charge in [0, 0.05) is 6.54 Å². The van der Waals surface area contributed by atoms with Gasteiger partial charge in [0.05, 0.1) is 12.7 Å². The van der Waals surface area contributed by atoms with Crippen molar-refractivity contribution in [3.05, 3.63) is 0 Å². The Bertz CT molecular complexity index is 247. The lowest BCUT2D eigenvalue weighted by Crippen LogP contribution is -2.49. The first-order valence-electron chi connectivity index (χ1n) is 5.60. The van der Waals surface area contributed by atoms with Crippen molar-refractivity contribution in [3.63, 3.8) is 0 Å². The fourth-order valence-electron chi connectivity index (χ4n) is 2.36. The summed E-state index contributed by atoms with van der Waals surface area (Å²) in [6, 6.07) is 0. The number of piperidine rings is 1. The largest absolute Gasteiger partial charge is 0.443 e. The van der Waals surface area contributed by atoms with E-state index in [-0.39, 0.29) is 18.4 Å². The fraction of sp³-hybridized carbons (Fsp3) is 0.900. The monoisotopic (exact) mass is 213 g/mol. The van der Waals surface area contributed by atoms with Crippen molar-refractivity contribution in [3.8, 4) is 0 Å². The first kappa shape index (κ1) is 10.7. The number of likely N-dealkylation sites (tertiary alicyclic amines) is 1. The van der Waals surface area contributed by atoms with Crippen molar-refractivity contribution in [2.45, 2.75) is 31.5 Å². The molecule has 1 unspecified atom stereocenters. The predicted molar refractivity (Wildman–Crippen MR) is 56.3 cm³/mol. The molecule has 0 aliphatic carbocycles. The van der Waals surface area contributed by atoms with E-state index < -0.39 is 0 Å². The lowest BCUT2D eigenvalue weighted by molar-refractivity contribution is 0.0606. The van der Waals surface area contributed by atoms with Crippen molar-refractivity contribution in [2.75, 3.05) is 26.7 Å². The average molecular weight is 213 g/mol. The van der Waals surface area contributed by atoms with Crippen molar-refractivity contribution in [1.29, 1.82) is 0 Å². The van der Waals surface area contributed by atoms with Gasteiger partial charge in [0.1, 0.15) is 6.10 Å². The number of cyclic esters (lactones) is 1. The standard InChI is InChI=1S/C10H19N3O2/c1-12-5-3-2-4-9(12)13-7-8(6-11)15-10(13)14/h8-9H,2-7,11H2,1H3/t8-,9?/m0/s1. The summed E-state index contributed by atoms with van der Waals surface area (Å²) in [6.07, 6.45) is 3.34. The second-order valence-corrected chi connectivity index (χ2v) is 4.35. The molecule has 2 aliphatic rings. The molecule has 86 valence electrons. The molecule has 5 nitrogen and oxygen atoms in total. The number of nitrogens with two attached hydrogens (primary N) is 1. The number of rotatable bonds is 2. The van der Waals surface area contributed by atoms with E-state index in [0.717, 1.165) is 13.0 Å². The second kappa shape index (κ2) is 4.37. The van der Waals surface area contributed by atoms with E-state index in [1.54, 1.807) is 0 Å². The fourth-order valence-corrected chi connectivity index (χ4v) is 2.36. The Morgan fingerprint density at radius 2 is 2.33 bits per heavy atom. The van der Waals surface area contributed by atoms with Crippen molar-refractivity contribution in [1.82, 2.24) is 9.80 Å². The summed E-state index contributed by atoms with van der Waals surface area (Å²) in [7, 11) is 2.06. The number of nitrogens with zero attached hydrogens (tertiary/aromatic N) is 2. The normalized spacial score (nSPS) is 33.2. The molecule has 2 saturated heterocycles. The summed E-state index contributed by atoms with van der Waals surface area (Å²) in [6.45, 7) is 2.12. The highest BCUT2D eigenvalue weighted by atomic mass is 16.6. The Hall–Kier alpha value is -0.810. The number of amides is 1. The summed E-state index contributed by atoms with van der Waals surface area (Å²) < 4.78 is 5.16. The maximum atomic E-state index is 11.6. The molecular weight excluding hydrogens is 194 g/mol. The van der Waals surface area contributed by atoms with E-state index in [1.165, 1.54) is 12.8 Å². The average Bonchev–Trinajstić information content (AvgIpc) is 2.60. The Kier molecular flexibility index (Phi) is 3.11. The van der Waals surface area contributed by atoms with Gasteiger partial charge in [0.25, 0.3) is 0 Å². The molecular formula is C10H19N3O2. The minimum atomic E-state index is -0.204. The number of carbonyl (C=O) groups excluding carboxylic acids is 1. The van der Waals surface area contributed by atoms with Gasteiger partial charge in [-0.25, -0.2) is 4.79 Å². The predicted octanol–water partition coefficient (Wildman–Crippen LogP) is 0.208. The number of carbonyl (C=O) groups is 1. The minimum absolute atomic E-state index is 0.118. The van der Waals surface area contributed by atoms with Gasteiger partial charge in [0.2, 0.25) is 0 Å². The van der Waals surface area contributed by atoms with Crippen LogP contribution in [-0.2, 0) is 4.74 Å². The molecule has 5 heteroatoms. The van der Waals surface area contributed by atoms with Gasteiger partial charge in [-0.3, -0.25) is 9.80 Å². The number of hydrogen-bond donors (Lipinski definition) is 1. The first-order chi connectivity index (χ1) is 7.22. The highest BCUT2D eigenvalue weighted by Crippen LogP contribution is 2.23. The van der Waals surface area contributed by atoms with Crippen LogP contribution in [0.5, 0.6) is 0 Å². The van der Waals surface area contributed by atoms with Crippen molar-refractivity contribution in [2.24, 2.45) is 5.73 Å². The van der Waals surface area contributed by atoms with Gasteiger partial charge in [-0.05, 0) is 32.9 Å². The van der Waals surface area contributed by atoms with Crippen LogP contribution in [0, 0.1) is 0 Å². The molecule has 0 spiro atoms. The summed E-state index contributed by atoms with van der Waals surface area (Å²) in [5, 5.41) is 0. The zero-order chi connectivity index (χ0) is 10.8. The van der Waals surface area contributed by atoms with E-state index in [4.69, 9.17) is 10.5 Å². The molecule has 0 radical (unpaired) electrons. The molecule has 0 saturated carbocycles. The van der Waals surface area contributed by atoms with Gasteiger partial charge in [-0.15, -0.1) is 0 Å². The third-order valence-electron chi connectivity index (χ3n) is 3.26. The summed E-state index contributed by atoms with van der Waals surface area (Å²) in [5.74, 6) is 0. The third kappa shape index (κ3) is 2.08. The van der Waals surface area contributed by atoms with Crippen molar-refractivity contribution < 1.29 is 9.53 Å². The zero-order valence-electron chi connectivity index (χ0n) is 9.19. The Morgan fingerprint density at radius 1 is 1.53 bits per heavy atom. The lowest BCUT2D eigenvalue weighted by Gasteiger charge is -2.37. The molecule has 2 aliphatic heterocycles. The van der Waals surface area contributed by atoms with Crippen LogP contribution in [0.2, 0.25) is 0 Å². The van der Waals surface area contributed by atoms with E-state index in [0.29, 0.717) is 13.1 Å². The third-order valence-corrected chi connectivity index (χ3v) is 3.26. The zero-order valence-corrected chi connectivity index (χ0v) is 9.19. The highest BCUT2D eigenvalue weighted by molar-refractivity contribution is 5.70. The lowest BCUT2D eigenvalue weighted by atomic mass is 10.1. The van der Waals surface area contributed by atoms with E-state index in [9.17, 15) is 4.79 Å². The highest BCUT2D eigenvalue weighted by Gasteiger charge is 2.37. The van der Waals surface area contributed by atoms with Gasteiger partial charge in [-0.1, -0.05) is 0 Å². The molecule has 2 heterocycles. The summed E-state index contributed by atoms with van der Waals surface area (Å²) in [4.78, 5) is 15.7. The quantitative estimate of drug-likeness (QED) is 0.712. The summed E-state index contributed by atoms with van der Waals surface area (Å²) >= 11 is 0. The van der Waals surface area contributed by atoms with Crippen LogP contribution in [0.25, 0.3) is 0 Å². The number of ether oxygens (including phenoxy) is 1.